The van der Waals surface area contributed by atoms with E-state index in [0.717, 1.165) is 0 Å². The minimum atomic E-state index is 1.19. The predicted octanol–water partition coefficient (Wildman–Crippen LogP) is 1.91. The molecule has 0 aliphatic heterocycles. The molecule has 62 valence electrons. The predicted molar refractivity (Wildman–Crippen MR) is 51.5 cm³/mol. The number of aromatic nitrogens is 2. The largest absolute Gasteiger partial charge is 0.249 e. The molecule has 1 N–H and O–H groups in total. The van der Waals surface area contributed by atoms with Crippen LogP contribution in [-0.4, -0.2) is 4.98 Å². The third-order valence-electron chi connectivity index (χ3n) is 2.34. The Morgan fingerprint density at radius 2 is 1.92 bits per heavy atom. The summed E-state index contributed by atoms with van der Waals surface area (Å²) in [5.74, 6) is 0. The van der Waals surface area contributed by atoms with Crippen LogP contribution >= 0.6 is 0 Å². The zero-order chi connectivity index (χ0) is 8.67. The summed E-state index contributed by atoms with van der Waals surface area (Å²) in [6.45, 7) is 0. The molecule has 0 aliphatic rings. The molecule has 0 radical (unpaired) electrons. The van der Waals surface area contributed by atoms with E-state index in [-0.39, 0.29) is 0 Å². The SMILES string of the molecule is c1ccc2c(c1)ccc1c[nH]c[n+]12. The van der Waals surface area contributed by atoms with Crippen LogP contribution in [0.25, 0.3) is 16.4 Å². The number of imidazole rings is 1. The number of para-hydroxylation sites is 1. The first-order chi connectivity index (χ1) is 6.45. The van der Waals surface area contributed by atoms with E-state index >= 15 is 0 Å². The highest BCUT2D eigenvalue weighted by atomic mass is 15.0. The summed E-state index contributed by atoms with van der Waals surface area (Å²) in [7, 11) is 0. The topological polar surface area (TPSA) is 19.9 Å². The lowest BCUT2D eigenvalue weighted by Crippen LogP contribution is -2.18. The summed E-state index contributed by atoms with van der Waals surface area (Å²) >= 11 is 0. The highest BCUT2D eigenvalue weighted by molar-refractivity contribution is 5.76. The first-order valence-electron chi connectivity index (χ1n) is 4.31. The number of aromatic amines is 1. The summed E-state index contributed by atoms with van der Waals surface area (Å²) in [6, 6.07) is 12.6. The van der Waals surface area contributed by atoms with Crippen LogP contribution in [0.15, 0.2) is 48.9 Å². The van der Waals surface area contributed by atoms with Gasteiger partial charge in [0.05, 0.1) is 0 Å². The van der Waals surface area contributed by atoms with Crippen LogP contribution in [0.3, 0.4) is 0 Å². The van der Waals surface area contributed by atoms with Crippen molar-refractivity contribution in [3.8, 4) is 0 Å². The van der Waals surface area contributed by atoms with Crippen molar-refractivity contribution in [3.05, 3.63) is 48.9 Å². The van der Waals surface area contributed by atoms with Crippen molar-refractivity contribution in [1.29, 1.82) is 0 Å². The molecule has 0 fully saturated rings. The van der Waals surface area contributed by atoms with Crippen molar-refractivity contribution < 1.29 is 4.40 Å². The average molecular weight is 169 g/mol. The fraction of sp³-hybridized carbons (Fsp3) is 0. The second-order valence-corrected chi connectivity index (χ2v) is 3.13. The van der Waals surface area contributed by atoms with Crippen molar-refractivity contribution in [2.24, 2.45) is 0 Å². The van der Waals surface area contributed by atoms with Crippen LogP contribution in [0.5, 0.6) is 0 Å². The lowest BCUT2D eigenvalue weighted by Gasteiger charge is -1.94. The number of hydrogen-bond acceptors (Lipinski definition) is 0. The van der Waals surface area contributed by atoms with Gasteiger partial charge in [0.25, 0.3) is 0 Å². The Kier molecular flexibility index (Phi) is 1.19. The molecule has 0 atom stereocenters. The highest BCUT2D eigenvalue weighted by Gasteiger charge is 2.03. The molecule has 3 rings (SSSR count). The molecule has 2 aromatic heterocycles. The maximum absolute atomic E-state index is 3.09. The summed E-state index contributed by atoms with van der Waals surface area (Å²) in [5, 5.41) is 1.26. The number of nitrogens with zero attached hydrogens (tertiary/aromatic N) is 1. The highest BCUT2D eigenvalue weighted by Crippen LogP contribution is 2.10. The van der Waals surface area contributed by atoms with E-state index < -0.39 is 0 Å². The van der Waals surface area contributed by atoms with Gasteiger partial charge in [-0.3, -0.25) is 0 Å². The minimum Gasteiger partial charge on any atom is -0.249 e. The molecule has 13 heavy (non-hydrogen) atoms. The molecule has 2 heteroatoms. The number of hydrogen-bond donors (Lipinski definition) is 1. The third-order valence-corrected chi connectivity index (χ3v) is 2.34. The van der Waals surface area contributed by atoms with Crippen molar-refractivity contribution >= 4 is 16.4 Å². The molecule has 0 bridgehead atoms. The molecule has 0 amide bonds. The minimum absolute atomic E-state index is 1.19. The second-order valence-electron chi connectivity index (χ2n) is 3.13. The van der Waals surface area contributed by atoms with Crippen molar-refractivity contribution in [2.45, 2.75) is 0 Å². The van der Waals surface area contributed by atoms with Crippen LogP contribution in [0.2, 0.25) is 0 Å². The maximum Gasteiger partial charge on any atom is 0.247 e. The Labute approximate surface area is 75.5 Å². The normalized spacial score (nSPS) is 11.1. The van der Waals surface area contributed by atoms with Crippen LogP contribution in [0, 0.1) is 0 Å². The molecular weight excluding hydrogens is 160 g/mol. The molecule has 0 aliphatic carbocycles. The molecule has 2 nitrogen and oxygen atoms in total. The molecule has 0 saturated carbocycles. The number of pyridine rings is 1. The van der Waals surface area contributed by atoms with Crippen LogP contribution in [0.1, 0.15) is 0 Å². The van der Waals surface area contributed by atoms with E-state index in [9.17, 15) is 0 Å². The summed E-state index contributed by atoms with van der Waals surface area (Å²) in [5.41, 5.74) is 2.43. The lowest BCUT2D eigenvalue weighted by atomic mass is 10.2. The molecule has 3 aromatic rings. The zero-order valence-corrected chi connectivity index (χ0v) is 7.07. The van der Waals surface area contributed by atoms with Gasteiger partial charge in [0.2, 0.25) is 6.33 Å². The number of fused-ring (bicyclic) bond motifs is 3. The van der Waals surface area contributed by atoms with Gasteiger partial charge in [0.15, 0.2) is 5.52 Å². The van der Waals surface area contributed by atoms with Gasteiger partial charge in [0, 0.05) is 5.39 Å². The summed E-state index contributed by atoms with van der Waals surface area (Å²) < 4.78 is 2.15. The van der Waals surface area contributed by atoms with E-state index in [1.54, 1.807) is 0 Å². The van der Waals surface area contributed by atoms with Gasteiger partial charge < -0.3 is 0 Å². The number of nitrogens with one attached hydrogen (secondary N) is 1. The molecule has 1 aromatic carbocycles. The smallest absolute Gasteiger partial charge is 0.247 e. The van der Waals surface area contributed by atoms with E-state index in [2.05, 4.69) is 45.8 Å². The summed E-state index contributed by atoms with van der Waals surface area (Å²) in [4.78, 5) is 3.09. The first kappa shape index (κ1) is 6.66. The van der Waals surface area contributed by atoms with E-state index in [1.165, 1.54) is 16.4 Å². The monoisotopic (exact) mass is 169 g/mol. The number of rotatable bonds is 0. The zero-order valence-electron chi connectivity index (χ0n) is 7.07. The van der Waals surface area contributed by atoms with Crippen LogP contribution in [0.4, 0.5) is 0 Å². The quantitative estimate of drug-likeness (QED) is 0.496. The van der Waals surface area contributed by atoms with Gasteiger partial charge in [-0.25, -0.2) is 4.98 Å². The lowest BCUT2D eigenvalue weighted by molar-refractivity contribution is -0.480. The van der Waals surface area contributed by atoms with Gasteiger partial charge in [-0.15, -0.1) is 0 Å². The van der Waals surface area contributed by atoms with E-state index in [1.807, 2.05) is 12.5 Å². The third kappa shape index (κ3) is 0.855. The van der Waals surface area contributed by atoms with Gasteiger partial charge >= 0.3 is 0 Å². The first-order valence-corrected chi connectivity index (χ1v) is 4.31. The van der Waals surface area contributed by atoms with E-state index in [4.69, 9.17) is 0 Å². The Balaban J connectivity index is 2.65. The number of H-pyrrole nitrogens is 1. The van der Waals surface area contributed by atoms with Crippen LogP contribution in [-0.2, 0) is 0 Å². The fourth-order valence-electron chi connectivity index (χ4n) is 1.70. The van der Waals surface area contributed by atoms with Crippen LogP contribution < -0.4 is 4.40 Å². The van der Waals surface area contributed by atoms with Crippen molar-refractivity contribution in [3.63, 3.8) is 0 Å². The fourth-order valence-corrected chi connectivity index (χ4v) is 1.70. The molecule has 0 spiro atoms. The molecular formula is C11H9N2+. The maximum atomic E-state index is 3.09. The van der Waals surface area contributed by atoms with Gasteiger partial charge in [-0.1, -0.05) is 18.2 Å². The Hall–Kier alpha value is -1.83. The van der Waals surface area contributed by atoms with Gasteiger partial charge in [0.1, 0.15) is 11.7 Å². The van der Waals surface area contributed by atoms with Crippen molar-refractivity contribution in [2.75, 3.05) is 0 Å². The Morgan fingerprint density at radius 1 is 1.00 bits per heavy atom. The Bertz CT molecular complexity index is 566. The number of benzene rings is 1. The molecule has 0 saturated heterocycles. The molecule has 0 unspecified atom stereocenters. The van der Waals surface area contributed by atoms with E-state index in [0.29, 0.717) is 0 Å². The standard InChI is InChI=1S/C11H8N2/c1-2-4-11-9(3-1)5-6-10-7-12-8-13(10)11/h1-8H/p+1. The van der Waals surface area contributed by atoms with Gasteiger partial charge in [-0.05, 0) is 18.2 Å². The second kappa shape index (κ2) is 2.33. The average Bonchev–Trinajstić information content (AvgIpc) is 2.65. The van der Waals surface area contributed by atoms with Gasteiger partial charge in [-0.2, -0.15) is 4.40 Å². The summed E-state index contributed by atoms with van der Waals surface area (Å²) in [6.07, 6.45) is 3.96. The Morgan fingerprint density at radius 3 is 2.92 bits per heavy atom. The van der Waals surface area contributed by atoms with Crippen molar-refractivity contribution in [1.82, 2.24) is 4.98 Å². The molecule has 2 heterocycles.